The Morgan fingerprint density at radius 1 is 1.39 bits per heavy atom. The first kappa shape index (κ1) is 12.1. The van der Waals surface area contributed by atoms with Crippen molar-refractivity contribution >= 4 is 0 Å². The Morgan fingerprint density at radius 2 is 2.17 bits per heavy atom. The average Bonchev–Trinajstić information content (AvgIpc) is 2.88. The molecule has 2 N–H and O–H groups in total. The summed E-state index contributed by atoms with van der Waals surface area (Å²) >= 11 is 0. The van der Waals surface area contributed by atoms with E-state index in [2.05, 4.69) is 26.9 Å². The van der Waals surface area contributed by atoms with Gasteiger partial charge >= 0.3 is 0 Å². The van der Waals surface area contributed by atoms with Crippen LogP contribution in [-0.2, 0) is 6.42 Å². The van der Waals surface area contributed by atoms with E-state index in [1.807, 2.05) is 0 Å². The van der Waals surface area contributed by atoms with E-state index >= 15 is 0 Å². The van der Waals surface area contributed by atoms with Crippen LogP contribution in [0.5, 0.6) is 0 Å². The van der Waals surface area contributed by atoms with Crippen molar-refractivity contribution < 1.29 is 4.52 Å². The van der Waals surface area contributed by atoms with Crippen molar-refractivity contribution in [2.45, 2.75) is 31.8 Å². The van der Waals surface area contributed by atoms with Crippen LogP contribution in [0.4, 0.5) is 0 Å². The van der Waals surface area contributed by atoms with Gasteiger partial charge < -0.3 is 10.3 Å². The maximum Gasteiger partial charge on any atom is 0.228 e. The zero-order valence-corrected chi connectivity index (χ0v) is 10.9. The van der Waals surface area contributed by atoms with Crippen LogP contribution >= 0.6 is 0 Å². The molecule has 4 rings (SSSR count). The molecule has 6 nitrogen and oxygen atoms in total. The smallest absolute Gasteiger partial charge is 0.228 e. The molecule has 3 saturated heterocycles. The average molecular weight is 251 g/mol. The molecule has 2 bridgehead atoms. The van der Waals surface area contributed by atoms with Gasteiger partial charge in [-0.15, -0.1) is 0 Å². The lowest BCUT2D eigenvalue weighted by Gasteiger charge is -2.46. The molecule has 1 aromatic rings. The van der Waals surface area contributed by atoms with Crippen LogP contribution in [0, 0.1) is 0 Å². The predicted molar refractivity (Wildman–Crippen MR) is 67.0 cm³/mol. The van der Waals surface area contributed by atoms with Crippen molar-refractivity contribution in [2.75, 3.05) is 32.7 Å². The van der Waals surface area contributed by atoms with E-state index in [4.69, 9.17) is 10.3 Å². The lowest BCUT2D eigenvalue weighted by molar-refractivity contribution is 0.00781. The van der Waals surface area contributed by atoms with Gasteiger partial charge in [-0.25, -0.2) is 0 Å². The number of fused-ring (bicyclic) bond motifs is 3. The Balaban J connectivity index is 1.69. The predicted octanol–water partition coefficient (Wildman–Crippen LogP) is 0.0217. The minimum absolute atomic E-state index is 0.116. The van der Waals surface area contributed by atoms with Gasteiger partial charge in [0.2, 0.25) is 5.89 Å². The summed E-state index contributed by atoms with van der Waals surface area (Å²) in [7, 11) is 0. The van der Waals surface area contributed by atoms with Gasteiger partial charge in [0.05, 0.1) is 6.04 Å². The molecule has 0 amide bonds. The maximum atomic E-state index is 5.91. The molecule has 2 unspecified atom stereocenters. The lowest BCUT2D eigenvalue weighted by atomic mass is 10.1. The third kappa shape index (κ3) is 2.28. The summed E-state index contributed by atoms with van der Waals surface area (Å²) in [6.45, 7) is 7.66. The Hall–Kier alpha value is -0.980. The highest BCUT2D eigenvalue weighted by Crippen LogP contribution is 2.26. The molecular formula is C12H21N5O. The van der Waals surface area contributed by atoms with Crippen molar-refractivity contribution in [2.24, 2.45) is 5.73 Å². The van der Waals surface area contributed by atoms with Crippen molar-refractivity contribution in [1.29, 1.82) is 0 Å². The highest BCUT2D eigenvalue weighted by atomic mass is 16.5. The summed E-state index contributed by atoms with van der Waals surface area (Å²) in [6.07, 6.45) is 1.61. The van der Waals surface area contributed by atoms with Crippen LogP contribution in [0.15, 0.2) is 4.52 Å². The van der Waals surface area contributed by atoms with Gasteiger partial charge in [-0.3, -0.25) is 9.80 Å². The Kier molecular flexibility index (Phi) is 3.32. The molecule has 0 aromatic carbocycles. The van der Waals surface area contributed by atoms with E-state index in [0.717, 1.165) is 31.9 Å². The summed E-state index contributed by atoms with van der Waals surface area (Å²) in [5, 5.41) is 4.14. The van der Waals surface area contributed by atoms with E-state index < -0.39 is 0 Å². The quantitative estimate of drug-likeness (QED) is 0.813. The van der Waals surface area contributed by atoms with Crippen LogP contribution in [0.25, 0.3) is 0 Å². The molecule has 0 saturated carbocycles. The topological polar surface area (TPSA) is 71.4 Å². The summed E-state index contributed by atoms with van der Waals surface area (Å²) in [4.78, 5) is 9.44. The lowest BCUT2D eigenvalue weighted by Crippen LogP contribution is -2.57. The number of piperazine rings is 3. The van der Waals surface area contributed by atoms with E-state index in [9.17, 15) is 0 Å². The summed E-state index contributed by atoms with van der Waals surface area (Å²) in [5.74, 6) is 1.51. The van der Waals surface area contributed by atoms with E-state index in [1.54, 1.807) is 0 Å². The van der Waals surface area contributed by atoms with Gasteiger partial charge in [0.1, 0.15) is 0 Å². The second kappa shape index (κ2) is 4.95. The van der Waals surface area contributed by atoms with Crippen molar-refractivity contribution in [3.8, 4) is 0 Å². The molecule has 4 heterocycles. The molecule has 0 spiro atoms. The third-order valence-corrected chi connectivity index (χ3v) is 4.02. The fourth-order valence-corrected chi connectivity index (χ4v) is 2.72. The van der Waals surface area contributed by atoms with Crippen LogP contribution in [0.2, 0.25) is 0 Å². The molecule has 18 heavy (non-hydrogen) atoms. The first-order chi connectivity index (χ1) is 8.76. The van der Waals surface area contributed by atoms with Crippen LogP contribution in [0.1, 0.15) is 31.1 Å². The van der Waals surface area contributed by atoms with Gasteiger partial charge in [0.15, 0.2) is 5.82 Å². The number of aromatic nitrogens is 2. The number of hydrogen-bond donors (Lipinski definition) is 1. The van der Waals surface area contributed by atoms with Crippen molar-refractivity contribution in [3.05, 3.63) is 11.7 Å². The van der Waals surface area contributed by atoms with Gasteiger partial charge in [0, 0.05) is 45.2 Å². The van der Waals surface area contributed by atoms with E-state index in [-0.39, 0.29) is 6.04 Å². The monoisotopic (exact) mass is 251 g/mol. The van der Waals surface area contributed by atoms with Crippen LogP contribution < -0.4 is 5.73 Å². The molecule has 2 atom stereocenters. The number of nitrogens with zero attached hydrogens (tertiary/aromatic N) is 4. The SMILES string of the molecule is CCC(N)Cc1nc(C2CN3CCN2CC3)no1. The summed E-state index contributed by atoms with van der Waals surface area (Å²) in [6, 6.07) is 0.424. The highest BCUT2D eigenvalue weighted by Gasteiger charge is 2.35. The second-order valence-corrected chi connectivity index (χ2v) is 5.27. The second-order valence-electron chi connectivity index (χ2n) is 5.27. The van der Waals surface area contributed by atoms with E-state index in [1.165, 1.54) is 13.1 Å². The van der Waals surface area contributed by atoms with Gasteiger partial charge in [-0.1, -0.05) is 12.1 Å². The molecule has 0 aliphatic carbocycles. The minimum atomic E-state index is 0.116. The molecule has 3 aliphatic heterocycles. The van der Waals surface area contributed by atoms with E-state index in [0.29, 0.717) is 18.4 Å². The molecule has 100 valence electrons. The molecule has 3 fully saturated rings. The Labute approximate surface area is 107 Å². The zero-order chi connectivity index (χ0) is 12.5. The molecule has 3 aliphatic rings. The Bertz CT molecular complexity index is 399. The largest absolute Gasteiger partial charge is 0.339 e. The summed E-state index contributed by atoms with van der Waals surface area (Å²) < 4.78 is 5.31. The fourth-order valence-electron chi connectivity index (χ4n) is 2.72. The third-order valence-electron chi connectivity index (χ3n) is 4.02. The van der Waals surface area contributed by atoms with Gasteiger partial charge in [-0.2, -0.15) is 4.98 Å². The first-order valence-corrected chi connectivity index (χ1v) is 6.80. The minimum Gasteiger partial charge on any atom is -0.339 e. The van der Waals surface area contributed by atoms with Gasteiger partial charge in [-0.05, 0) is 6.42 Å². The first-order valence-electron chi connectivity index (χ1n) is 6.80. The highest BCUT2D eigenvalue weighted by molar-refractivity contribution is 5.01. The standard InChI is InChI=1S/C12H21N5O/c1-2-9(13)7-11-14-12(15-18-11)10-8-16-3-5-17(10)6-4-16/h9-10H,2-8,13H2,1H3. The molecular weight excluding hydrogens is 230 g/mol. The molecule has 6 heteroatoms. The van der Waals surface area contributed by atoms with Crippen LogP contribution in [0.3, 0.4) is 0 Å². The number of hydrogen-bond acceptors (Lipinski definition) is 6. The van der Waals surface area contributed by atoms with Crippen molar-refractivity contribution in [1.82, 2.24) is 19.9 Å². The van der Waals surface area contributed by atoms with Crippen molar-refractivity contribution in [3.63, 3.8) is 0 Å². The zero-order valence-electron chi connectivity index (χ0n) is 10.9. The maximum absolute atomic E-state index is 5.91. The normalized spacial score (nSPS) is 32.7. The number of rotatable bonds is 4. The van der Waals surface area contributed by atoms with Gasteiger partial charge in [0.25, 0.3) is 0 Å². The van der Waals surface area contributed by atoms with Crippen LogP contribution in [-0.4, -0.2) is 58.7 Å². The summed E-state index contributed by atoms with van der Waals surface area (Å²) in [5.41, 5.74) is 5.91. The Morgan fingerprint density at radius 3 is 2.78 bits per heavy atom. The molecule has 1 aromatic heterocycles. The number of nitrogens with two attached hydrogens (primary N) is 1. The molecule has 0 radical (unpaired) electrons. The fraction of sp³-hybridized carbons (Fsp3) is 0.833.